The van der Waals surface area contributed by atoms with E-state index in [1.165, 1.54) is 16.7 Å². The fourth-order valence-electron chi connectivity index (χ4n) is 4.34. The Kier molecular flexibility index (Phi) is 4.82. The van der Waals surface area contributed by atoms with Crippen LogP contribution in [0.25, 0.3) is 0 Å². The molecule has 4 rings (SSSR count). The maximum atomic E-state index is 12.2. The number of ketones is 1. The Labute approximate surface area is 159 Å². The van der Waals surface area contributed by atoms with Gasteiger partial charge < -0.3 is 0 Å². The second-order valence-corrected chi connectivity index (χ2v) is 7.77. The van der Waals surface area contributed by atoms with Gasteiger partial charge in [0.15, 0.2) is 0 Å². The molecule has 1 aromatic carbocycles. The van der Waals surface area contributed by atoms with E-state index in [2.05, 4.69) is 21.9 Å². The largest absolute Gasteiger partial charge is 0.298 e. The maximum absolute atomic E-state index is 12.2. The number of Topliss-reactive ketones (excluding diaryl/α,β-unsaturated/α-hetero) is 1. The molecular formula is C21H24ClN3O. The molecule has 0 spiro atoms. The van der Waals surface area contributed by atoms with Gasteiger partial charge >= 0.3 is 0 Å². The average Bonchev–Trinajstić information content (AvgIpc) is 2.80. The first-order valence-corrected chi connectivity index (χ1v) is 9.60. The highest BCUT2D eigenvalue weighted by molar-refractivity contribution is 6.31. The summed E-state index contributed by atoms with van der Waals surface area (Å²) in [7, 11) is 2.03. The van der Waals surface area contributed by atoms with Crippen molar-refractivity contribution in [2.24, 2.45) is 0 Å². The molecule has 0 bridgehead atoms. The van der Waals surface area contributed by atoms with Gasteiger partial charge in [0, 0.05) is 30.9 Å². The van der Waals surface area contributed by atoms with Crippen LogP contribution in [0.1, 0.15) is 35.3 Å². The van der Waals surface area contributed by atoms with E-state index in [0.29, 0.717) is 6.54 Å². The summed E-state index contributed by atoms with van der Waals surface area (Å²) in [6.07, 6.45) is 3.80. The van der Waals surface area contributed by atoms with Crippen molar-refractivity contribution in [2.45, 2.75) is 31.8 Å². The van der Waals surface area contributed by atoms with E-state index in [1.807, 2.05) is 31.4 Å². The number of hydrogen-bond acceptors (Lipinski definition) is 4. The lowest BCUT2D eigenvalue weighted by atomic mass is 9.94. The van der Waals surface area contributed by atoms with Crippen LogP contribution in [0, 0.1) is 0 Å². The summed E-state index contributed by atoms with van der Waals surface area (Å²) in [5.74, 6) is 0.214. The number of benzene rings is 1. The van der Waals surface area contributed by atoms with Crippen molar-refractivity contribution in [3.05, 3.63) is 63.9 Å². The Balaban J connectivity index is 1.83. The van der Waals surface area contributed by atoms with Gasteiger partial charge in [-0.1, -0.05) is 29.8 Å². The van der Waals surface area contributed by atoms with Crippen molar-refractivity contribution in [3.63, 3.8) is 0 Å². The van der Waals surface area contributed by atoms with Crippen molar-refractivity contribution >= 4 is 17.4 Å². The van der Waals surface area contributed by atoms with E-state index < -0.39 is 0 Å². The van der Waals surface area contributed by atoms with Crippen molar-refractivity contribution in [1.82, 2.24) is 14.8 Å². The monoisotopic (exact) mass is 369 g/mol. The Morgan fingerprint density at radius 1 is 1.15 bits per heavy atom. The van der Waals surface area contributed by atoms with Gasteiger partial charge in [0.05, 0.1) is 17.8 Å². The zero-order chi connectivity index (χ0) is 18.3. The minimum Gasteiger partial charge on any atom is -0.298 e. The lowest BCUT2D eigenvalue weighted by molar-refractivity contribution is -0.124. The molecule has 136 valence electrons. The van der Waals surface area contributed by atoms with Gasteiger partial charge in [-0.25, -0.2) is 0 Å². The maximum Gasteiger partial charge on any atom is 0.148 e. The Morgan fingerprint density at radius 3 is 2.73 bits per heavy atom. The molecular weight excluding hydrogens is 346 g/mol. The minimum atomic E-state index is -0.0786. The summed E-state index contributed by atoms with van der Waals surface area (Å²) in [4.78, 5) is 21.5. The average molecular weight is 370 g/mol. The molecule has 4 nitrogen and oxygen atoms in total. The lowest BCUT2D eigenvalue weighted by Gasteiger charge is -2.42. The third-order valence-corrected chi connectivity index (χ3v) is 6.11. The van der Waals surface area contributed by atoms with Gasteiger partial charge in [-0.15, -0.1) is 0 Å². The number of pyridine rings is 1. The Morgan fingerprint density at radius 2 is 1.92 bits per heavy atom. The molecule has 1 fully saturated rings. The summed E-state index contributed by atoms with van der Waals surface area (Å²) >= 11 is 6.69. The number of fused-ring (bicyclic) bond motifs is 2. The van der Waals surface area contributed by atoms with Crippen LogP contribution < -0.4 is 0 Å². The molecule has 0 amide bonds. The first kappa shape index (κ1) is 17.7. The number of nitrogens with zero attached hydrogens (tertiary/aromatic N) is 3. The molecule has 26 heavy (non-hydrogen) atoms. The van der Waals surface area contributed by atoms with Crippen molar-refractivity contribution in [2.75, 3.05) is 26.7 Å². The molecule has 2 heterocycles. The zero-order valence-corrected chi connectivity index (χ0v) is 16.0. The molecule has 0 saturated carbocycles. The van der Waals surface area contributed by atoms with Crippen molar-refractivity contribution in [1.29, 1.82) is 0 Å². The molecule has 2 aromatic rings. The van der Waals surface area contributed by atoms with Crippen LogP contribution in [0.4, 0.5) is 0 Å². The van der Waals surface area contributed by atoms with Crippen LogP contribution in [0.5, 0.6) is 0 Å². The van der Waals surface area contributed by atoms with Crippen LogP contribution in [0.15, 0.2) is 36.5 Å². The predicted octanol–water partition coefficient (Wildman–Crippen LogP) is 3.13. The summed E-state index contributed by atoms with van der Waals surface area (Å²) < 4.78 is 0. The number of rotatable bonds is 2. The van der Waals surface area contributed by atoms with Crippen LogP contribution >= 0.6 is 11.6 Å². The summed E-state index contributed by atoms with van der Waals surface area (Å²) in [5.41, 5.74) is 4.83. The quantitative estimate of drug-likeness (QED) is 0.815. The van der Waals surface area contributed by atoms with E-state index >= 15 is 0 Å². The highest BCUT2D eigenvalue weighted by Gasteiger charge is 2.36. The third kappa shape index (κ3) is 3.07. The first-order valence-electron chi connectivity index (χ1n) is 9.22. The molecule has 1 aliphatic heterocycles. The standard InChI is InChI=1S/C21H24ClN3O/c1-14(26)18-13-25(12-11-24(18)2)21-19-15(5-3-7-17(19)22)8-9-16-6-4-10-23-20(16)21/h3-7,10,18,21H,8-9,11-13H2,1-2H3/t18-,21-/m1/s1. The van der Waals surface area contributed by atoms with E-state index in [0.717, 1.165) is 36.6 Å². The molecule has 0 N–H and O–H groups in total. The van der Waals surface area contributed by atoms with Gasteiger partial charge in [0.2, 0.25) is 0 Å². The number of aromatic nitrogens is 1. The van der Waals surface area contributed by atoms with E-state index in [9.17, 15) is 4.79 Å². The number of carbonyl (C=O) groups excluding carboxylic acids is 1. The van der Waals surface area contributed by atoms with E-state index in [-0.39, 0.29) is 17.9 Å². The number of hydrogen-bond donors (Lipinski definition) is 0. The highest BCUT2D eigenvalue weighted by Crippen LogP contribution is 2.40. The number of carbonyl (C=O) groups is 1. The van der Waals surface area contributed by atoms with Gasteiger partial charge in [-0.3, -0.25) is 19.6 Å². The smallest absolute Gasteiger partial charge is 0.148 e. The number of piperazine rings is 1. The molecule has 1 aromatic heterocycles. The van der Waals surface area contributed by atoms with Gasteiger partial charge in [0.25, 0.3) is 0 Å². The summed E-state index contributed by atoms with van der Waals surface area (Å²) in [6, 6.07) is 10.3. The SMILES string of the molecule is CC(=O)[C@H]1CN([C@H]2c3ncccc3CCc3cccc(Cl)c32)CCN1C. The van der Waals surface area contributed by atoms with Crippen molar-refractivity contribution in [3.8, 4) is 0 Å². The molecule has 5 heteroatoms. The normalized spacial score (nSPS) is 23.8. The number of likely N-dealkylation sites (N-methyl/N-ethyl adjacent to an activating group) is 1. The molecule has 0 unspecified atom stereocenters. The van der Waals surface area contributed by atoms with Crippen LogP contribution in [0.3, 0.4) is 0 Å². The van der Waals surface area contributed by atoms with Gasteiger partial charge in [-0.2, -0.15) is 0 Å². The second kappa shape index (κ2) is 7.10. The minimum absolute atomic E-state index is 0.00736. The van der Waals surface area contributed by atoms with Crippen LogP contribution in [-0.2, 0) is 17.6 Å². The molecule has 1 aliphatic carbocycles. The fraction of sp³-hybridized carbons (Fsp3) is 0.429. The fourth-order valence-corrected chi connectivity index (χ4v) is 4.64. The molecule has 2 aliphatic rings. The lowest BCUT2D eigenvalue weighted by Crippen LogP contribution is -2.55. The van der Waals surface area contributed by atoms with Gasteiger partial charge in [-0.05, 0) is 55.6 Å². The first-order chi connectivity index (χ1) is 12.6. The van der Waals surface area contributed by atoms with Crippen molar-refractivity contribution < 1.29 is 4.79 Å². The van der Waals surface area contributed by atoms with E-state index in [1.54, 1.807) is 6.92 Å². The highest BCUT2D eigenvalue weighted by atomic mass is 35.5. The molecule has 0 radical (unpaired) electrons. The molecule has 2 atom stereocenters. The zero-order valence-electron chi connectivity index (χ0n) is 15.3. The summed E-state index contributed by atoms with van der Waals surface area (Å²) in [5, 5.41) is 0.796. The van der Waals surface area contributed by atoms with E-state index in [4.69, 9.17) is 16.6 Å². The predicted molar refractivity (Wildman–Crippen MR) is 104 cm³/mol. The second-order valence-electron chi connectivity index (χ2n) is 7.36. The topological polar surface area (TPSA) is 36.4 Å². The molecule has 1 saturated heterocycles. The van der Waals surface area contributed by atoms with Crippen LogP contribution in [0.2, 0.25) is 5.02 Å². The van der Waals surface area contributed by atoms with Crippen LogP contribution in [-0.4, -0.2) is 53.3 Å². The number of halogens is 1. The van der Waals surface area contributed by atoms with Gasteiger partial charge in [0.1, 0.15) is 5.78 Å². The summed E-state index contributed by atoms with van der Waals surface area (Å²) in [6.45, 7) is 4.15. The Hall–Kier alpha value is -1.75. The Bertz CT molecular complexity index is 838. The third-order valence-electron chi connectivity index (χ3n) is 5.78. The number of aryl methyl sites for hydroxylation is 2.